The van der Waals surface area contributed by atoms with Gasteiger partial charge in [-0.25, -0.2) is 9.97 Å². The summed E-state index contributed by atoms with van der Waals surface area (Å²) in [5.74, 6) is 1.42. The van der Waals surface area contributed by atoms with E-state index in [-0.39, 0.29) is 0 Å². The van der Waals surface area contributed by atoms with Crippen molar-refractivity contribution in [3.05, 3.63) is 41.3 Å². The normalized spacial score (nSPS) is 10.6. The maximum absolute atomic E-state index is 6.00. The number of hydrogen-bond donors (Lipinski definition) is 0. The van der Waals surface area contributed by atoms with Gasteiger partial charge in [-0.2, -0.15) is 0 Å². The third-order valence-electron chi connectivity index (χ3n) is 2.43. The fourth-order valence-corrected chi connectivity index (χ4v) is 2.62. The third-order valence-corrected chi connectivity index (χ3v) is 3.55. The van der Waals surface area contributed by atoms with Crippen LogP contribution in [0.3, 0.4) is 0 Å². The van der Waals surface area contributed by atoms with Gasteiger partial charge in [0.25, 0.3) is 0 Å². The van der Waals surface area contributed by atoms with Crippen molar-refractivity contribution in [3.8, 4) is 5.75 Å². The molecule has 0 aliphatic rings. The largest absolute Gasteiger partial charge is 0.497 e. The van der Waals surface area contributed by atoms with E-state index in [2.05, 4.69) is 9.97 Å². The van der Waals surface area contributed by atoms with Crippen molar-refractivity contribution in [1.82, 2.24) is 9.97 Å². The molecule has 0 aliphatic carbocycles. The van der Waals surface area contributed by atoms with Gasteiger partial charge in [0.1, 0.15) is 22.5 Å². The van der Waals surface area contributed by atoms with Crippen molar-refractivity contribution in [2.45, 2.75) is 23.5 Å². The van der Waals surface area contributed by atoms with Crippen LogP contribution in [0.15, 0.2) is 40.3 Å². The Bertz CT molecular complexity index is 564. The van der Waals surface area contributed by atoms with Gasteiger partial charge in [-0.1, -0.05) is 23.4 Å². The van der Waals surface area contributed by atoms with E-state index in [1.807, 2.05) is 31.2 Å². The Morgan fingerprint density at radius 2 is 1.95 bits per heavy atom. The Morgan fingerprint density at radius 1 is 1.20 bits per heavy atom. The highest BCUT2D eigenvalue weighted by molar-refractivity contribution is 7.99. The van der Waals surface area contributed by atoms with E-state index in [1.165, 1.54) is 11.8 Å². The summed E-state index contributed by atoms with van der Waals surface area (Å²) in [6.45, 7) is 2.92. The molecular weight excluding hydrogens is 296 g/mol. The molecule has 0 radical (unpaired) electrons. The Balaban J connectivity index is 2.12. The summed E-state index contributed by atoms with van der Waals surface area (Å²) in [6.07, 6.45) is 0. The summed E-state index contributed by atoms with van der Waals surface area (Å²) in [5.41, 5.74) is 0. The molecule has 0 spiro atoms. The predicted octanol–water partition coefficient (Wildman–Crippen LogP) is 3.83. The molecule has 1 aromatic carbocycles. The zero-order valence-electron chi connectivity index (χ0n) is 11.3. The lowest BCUT2D eigenvalue weighted by Gasteiger charge is -2.06. The van der Waals surface area contributed by atoms with Crippen LogP contribution in [-0.4, -0.2) is 23.7 Å². The molecule has 0 unspecified atom stereocenters. The molecule has 2 aromatic rings. The maximum Gasteiger partial charge on any atom is 0.157 e. The fraction of sp³-hybridized carbons (Fsp3) is 0.286. The van der Waals surface area contributed by atoms with E-state index >= 15 is 0 Å². The van der Waals surface area contributed by atoms with Gasteiger partial charge in [-0.15, -0.1) is 0 Å². The number of halogens is 1. The highest BCUT2D eigenvalue weighted by atomic mass is 35.5. The van der Waals surface area contributed by atoms with Crippen molar-refractivity contribution in [3.63, 3.8) is 0 Å². The molecule has 20 heavy (non-hydrogen) atoms. The van der Waals surface area contributed by atoms with E-state index in [0.717, 1.165) is 15.7 Å². The number of methoxy groups -OCH3 is 1. The van der Waals surface area contributed by atoms with Crippen LogP contribution in [0.4, 0.5) is 0 Å². The van der Waals surface area contributed by atoms with Crippen LogP contribution in [0.25, 0.3) is 0 Å². The first-order valence-electron chi connectivity index (χ1n) is 6.14. The van der Waals surface area contributed by atoms with Crippen LogP contribution < -0.4 is 4.74 Å². The summed E-state index contributed by atoms with van der Waals surface area (Å²) in [6, 6.07) is 9.51. The van der Waals surface area contributed by atoms with Gasteiger partial charge >= 0.3 is 0 Å². The van der Waals surface area contributed by atoms with Gasteiger partial charge in [-0.3, -0.25) is 0 Å². The van der Waals surface area contributed by atoms with E-state index in [9.17, 15) is 0 Å². The van der Waals surface area contributed by atoms with Gasteiger partial charge in [-0.05, 0) is 31.2 Å². The Kier molecular flexibility index (Phi) is 5.64. The first kappa shape index (κ1) is 15.1. The zero-order valence-corrected chi connectivity index (χ0v) is 12.9. The number of rotatable bonds is 6. The summed E-state index contributed by atoms with van der Waals surface area (Å²) < 4.78 is 10.4. The third kappa shape index (κ3) is 4.37. The summed E-state index contributed by atoms with van der Waals surface area (Å²) in [4.78, 5) is 9.61. The molecule has 0 bridgehead atoms. The average Bonchev–Trinajstić information content (AvgIpc) is 2.45. The highest BCUT2D eigenvalue weighted by Gasteiger charge is 2.05. The molecule has 0 N–H and O–H groups in total. The van der Waals surface area contributed by atoms with Crippen LogP contribution >= 0.6 is 23.4 Å². The monoisotopic (exact) mass is 310 g/mol. The average molecular weight is 311 g/mol. The minimum absolute atomic E-state index is 0.368. The Morgan fingerprint density at radius 3 is 2.60 bits per heavy atom. The molecule has 0 fully saturated rings. The smallest absolute Gasteiger partial charge is 0.157 e. The molecule has 6 heteroatoms. The molecule has 4 nitrogen and oxygen atoms in total. The topological polar surface area (TPSA) is 44.2 Å². The van der Waals surface area contributed by atoms with Crippen LogP contribution in [-0.2, 0) is 11.3 Å². The molecule has 1 heterocycles. The SMILES string of the molecule is CCOCc1nc(Cl)cc(Sc2ccc(OC)cc2)n1. The molecular formula is C14H15ClN2O2S. The molecule has 0 amide bonds. The molecule has 106 valence electrons. The standard InChI is InChI=1S/C14H15ClN2O2S/c1-3-19-9-13-16-12(15)8-14(17-13)20-11-6-4-10(18-2)5-7-11/h4-8H,3,9H2,1-2H3. The van der Waals surface area contributed by atoms with Crippen LogP contribution in [0.1, 0.15) is 12.7 Å². The molecule has 1 aromatic heterocycles. The number of nitrogens with zero attached hydrogens (tertiary/aromatic N) is 2. The second-order valence-corrected chi connectivity index (χ2v) is 5.34. The summed E-state index contributed by atoms with van der Waals surface area (Å²) in [7, 11) is 1.65. The van der Waals surface area contributed by atoms with Crippen LogP contribution in [0.2, 0.25) is 5.15 Å². The maximum atomic E-state index is 6.00. The Labute approximate surface area is 127 Å². The Hall–Kier alpha value is -1.30. The predicted molar refractivity (Wildman–Crippen MR) is 79.5 cm³/mol. The van der Waals surface area contributed by atoms with Gasteiger partial charge < -0.3 is 9.47 Å². The van der Waals surface area contributed by atoms with Crippen molar-refractivity contribution in [2.24, 2.45) is 0 Å². The van der Waals surface area contributed by atoms with Gasteiger partial charge in [0.2, 0.25) is 0 Å². The van der Waals surface area contributed by atoms with Crippen molar-refractivity contribution in [2.75, 3.05) is 13.7 Å². The molecule has 2 rings (SSSR count). The fourth-order valence-electron chi connectivity index (χ4n) is 1.52. The number of aromatic nitrogens is 2. The minimum atomic E-state index is 0.368. The van der Waals surface area contributed by atoms with Crippen molar-refractivity contribution < 1.29 is 9.47 Å². The van der Waals surface area contributed by atoms with E-state index in [0.29, 0.717) is 24.2 Å². The lowest BCUT2D eigenvalue weighted by atomic mass is 10.3. The minimum Gasteiger partial charge on any atom is -0.497 e. The second-order valence-electron chi connectivity index (χ2n) is 3.86. The van der Waals surface area contributed by atoms with Crippen LogP contribution in [0.5, 0.6) is 5.75 Å². The van der Waals surface area contributed by atoms with Gasteiger partial charge in [0.15, 0.2) is 5.82 Å². The molecule has 0 atom stereocenters. The lowest BCUT2D eigenvalue weighted by Crippen LogP contribution is -2.00. The summed E-state index contributed by atoms with van der Waals surface area (Å²) >= 11 is 7.52. The number of benzene rings is 1. The van der Waals surface area contributed by atoms with E-state index in [1.54, 1.807) is 13.2 Å². The van der Waals surface area contributed by atoms with Crippen LogP contribution in [0, 0.1) is 0 Å². The van der Waals surface area contributed by atoms with E-state index in [4.69, 9.17) is 21.1 Å². The number of ether oxygens (including phenoxy) is 2. The quantitative estimate of drug-likeness (QED) is 0.759. The highest BCUT2D eigenvalue weighted by Crippen LogP contribution is 2.28. The van der Waals surface area contributed by atoms with Crippen molar-refractivity contribution in [1.29, 1.82) is 0 Å². The van der Waals surface area contributed by atoms with E-state index < -0.39 is 0 Å². The first-order chi connectivity index (χ1) is 9.71. The number of hydrogen-bond acceptors (Lipinski definition) is 5. The van der Waals surface area contributed by atoms with Gasteiger partial charge in [0.05, 0.1) is 7.11 Å². The second kappa shape index (κ2) is 7.47. The lowest BCUT2D eigenvalue weighted by molar-refractivity contribution is 0.128. The van der Waals surface area contributed by atoms with Gasteiger partial charge in [0, 0.05) is 17.6 Å². The zero-order chi connectivity index (χ0) is 14.4. The first-order valence-corrected chi connectivity index (χ1v) is 7.34. The molecule has 0 aliphatic heterocycles. The summed E-state index contributed by atoms with van der Waals surface area (Å²) in [5, 5.41) is 1.22. The molecule has 0 saturated heterocycles. The van der Waals surface area contributed by atoms with Crippen molar-refractivity contribution >= 4 is 23.4 Å². The molecule has 0 saturated carbocycles.